The zero-order valence-corrected chi connectivity index (χ0v) is 11.3. The Labute approximate surface area is 111 Å². The van der Waals surface area contributed by atoms with Crippen molar-refractivity contribution in [2.75, 3.05) is 24.7 Å². The third-order valence-electron chi connectivity index (χ3n) is 2.27. The normalized spacial score (nSPS) is 11.3. The summed E-state index contributed by atoms with van der Waals surface area (Å²) in [5, 5.41) is 2.32. The molecule has 1 amide bonds. The van der Waals surface area contributed by atoms with Crippen molar-refractivity contribution in [1.29, 1.82) is 0 Å². The van der Waals surface area contributed by atoms with E-state index in [0.29, 0.717) is 0 Å². The standard InChI is InChI=1S/C12H15FN2O3S/c1-3-8-15(19(2,17)18)9-12(16)14-11-7-5-4-6-10(11)13/h3-7H,1,8-9H2,2H3,(H,14,16). The first kappa shape index (κ1) is 15.3. The molecule has 0 atom stereocenters. The lowest BCUT2D eigenvalue weighted by atomic mass is 10.3. The highest BCUT2D eigenvalue weighted by atomic mass is 32.2. The van der Waals surface area contributed by atoms with Crippen LogP contribution in [0, 0.1) is 5.82 Å². The molecule has 0 heterocycles. The SMILES string of the molecule is C=CCN(CC(=O)Nc1ccccc1F)S(C)(=O)=O. The smallest absolute Gasteiger partial charge is 0.239 e. The first-order valence-electron chi connectivity index (χ1n) is 5.45. The predicted molar refractivity (Wildman–Crippen MR) is 71.6 cm³/mol. The van der Waals surface area contributed by atoms with Crippen LogP contribution in [-0.4, -0.2) is 38.0 Å². The predicted octanol–water partition coefficient (Wildman–Crippen LogP) is 1.21. The van der Waals surface area contributed by atoms with Crippen LogP contribution in [0.4, 0.5) is 10.1 Å². The number of carbonyl (C=O) groups excluding carboxylic acids is 1. The van der Waals surface area contributed by atoms with Gasteiger partial charge in [-0.2, -0.15) is 4.31 Å². The van der Waals surface area contributed by atoms with Gasteiger partial charge in [0.2, 0.25) is 15.9 Å². The zero-order chi connectivity index (χ0) is 14.5. The molecule has 19 heavy (non-hydrogen) atoms. The average Bonchev–Trinajstić information content (AvgIpc) is 2.30. The molecule has 5 nitrogen and oxygen atoms in total. The van der Waals surface area contributed by atoms with E-state index < -0.39 is 21.7 Å². The van der Waals surface area contributed by atoms with Crippen molar-refractivity contribution in [3.05, 3.63) is 42.7 Å². The molecule has 7 heteroatoms. The second-order valence-electron chi connectivity index (χ2n) is 3.87. The molecule has 1 aromatic rings. The molecule has 0 aliphatic carbocycles. The lowest BCUT2D eigenvalue weighted by molar-refractivity contribution is -0.116. The minimum Gasteiger partial charge on any atom is -0.322 e. The highest BCUT2D eigenvalue weighted by molar-refractivity contribution is 7.88. The van der Waals surface area contributed by atoms with Gasteiger partial charge in [0.1, 0.15) is 5.82 Å². The van der Waals surface area contributed by atoms with Crippen LogP contribution < -0.4 is 5.32 Å². The molecule has 0 saturated heterocycles. The van der Waals surface area contributed by atoms with Gasteiger partial charge in [-0.05, 0) is 12.1 Å². The van der Waals surface area contributed by atoms with Gasteiger partial charge in [-0.1, -0.05) is 18.2 Å². The lowest BCUT2D eigenvalue weighted by Crippen LogP contribution is -2.37. The van der Waals surface area contributed by atoms with E-state index in [0.717, 1.165) is 10.6 Å². The highest BCUT2D eigenvalue weighted by Gasteiger charge is 2.19. The molecule has 104 valence electrons. The summed E-state index contributed by atoms with van der Waals surface area (Å²) >= 11 is 0. The Balaban J connectivity index is 2.74. The van der Waals surface area contributed by atoms with E-state index in [2.05, 4.69) is 11.9 Å². The third kappa shape index (κ3) is 4.80. The van der Waals surface area contributed by atoms with Crippen LogP contribution in [0.2, 0.25) is 0 Å². The van der Waals surface area contributed by atoms with Crippen molar-refractivity contribution >= 4 is 21.6 Å². The molecule has 0 unspecified atom stereocenters. The van der Waals surface area contributed by atoms with Crippen LogP contribution >= 0.6 is 0 Å². The Kier molecular flexibility index (Phi) is 5.20. The Morgan fingerprint density at radius 3 is 2.63 bits per heavy atom. The Morgan fingerprint density at radius 2 is 2.11 bits per heavy atom. The van der Waals surface area contributed by atoms with Crippen molar-refractivity contribution in [1.82, 2.24) is 4.31 Å². The Bertz CT molecular complexity index is 572. The van der Waals surface area contributed by atoms with E-state index in [-0.39, 0.29) is 18.8 Å². The molecule has 0 radical (unpaired) electrons. The number of para-hydroxylation sites is 1. The van der Waals surface area contributed by atoms with Crippen molar-refractivity contribution in [2.24, 2.45) is 0 Å². The molecule has 0 bridgehead atoms. The molecule has 0 aromatic heterocycles. The summed E-state index contributed by atoms with van der Waals surface area (Å²) in [6.45, 7) is 3.05. The summed E-state index contributed by atoms with van der Waals surface area (Å²) in [4.78, 5) is 11.7. The van der Waals surface area contributed by atoms with Crippen LogP contribution in [0.3, 0.4) is 0 Å². The molecule has 0 aliphatic heterocycles. The third-order valence-corrected chi connectivity index (χ3v) is 3.49. The molecular formula is C12H15FN2O3S. The minimum atomic E-state index is -3.52. The van der Waals surface area contributed by atoms with Gasteiger partial charge in [0.05, 0.1) is 18.5 Å². The number of hydrogen-bond acceptors (Lipinski definition) is 3. The number of halogens is 1. The number of carbonyl (C=O) groups is 1. The number of nitrogens with zero attached hydrogens (tertiary/aromatic N) is 1. The summed E-state index contributed by atoms with van der Waals surface area (Å²) in [5.41, 5.74) is 0.0135. The van der Waals surface area contributed by atoms with Gasteiger partial charge in [0.15, 0.2) is 0 Å². The van der Waals surface area contributed by atoms with Crippen LogP contribution in [-0.2, 0) is 14.8 Å². The summed E-state index contributed by atoms with van der Waals surface area (Å²) in [6, 6.07) is 5.65. The molecule has 0 fully saturated rings. The molecule has 1 rings (SSSR count). The lowest BCUT2D eigenvalue weighted by Gasteiger charge is -2.17. The fraction of sp³-hybridized carbons (Fsp3) is 0.250. The van der Waals surface area contributed by atoms with Gasteiger partial charge in [-0.3, -0.25) is 4.79 Å². The number of benzene rings is 1. The fourth-order valence-electron chi connectivity index (χ4n) is 1.37. The van der Waals surface area contributed by atoms with Gasteiger partial charge in [0.25, 0.3) is 0 Å². The number of nitrogens with one attached hydrogen (secondary N) is 1. The van der Waals surface area contributed by atoms with Gasteiger partial charge in [0, 0.05) is 6.54 Å². The minimum absolute atomic E-state index is 0.0135. The van der Waals surface area contributed by atoms with Crippen LogP contribution in [0.5, 0.6) is 0 Å². The molecule has 0 spiro atoms. The van der Waals surface area contributed by atoms with Crippen LogP contribution in [0.1, 0.15) is 0 Å². The molecule has 0 saturated carbocycles. The van der Waals surface area contributed by atoms with Gasteiger partial charge < -0.3 is 5.32 Å². The summed E-state index contributed by atoms with van der Waals surface area (Å²) in [7, 11) is -3.52. The summed E-state index contributed by atoms with van der Waals surface area (Å²) in [5.74, 6) is -1.19. The Hall–Kier alpha value is -1.73. The highest BCUT2D eigenvalue weighted by Crippen LogP contribution is 2.12. The number of amides is 1. The van der Waals surface area contributed by atoms with Gasteiger partial charge in [-0.25, -0.2) is 12.8 Å². The number of rotatable bonds is 6. The van der Waals surface area contributed by atoms with E-state index in [1.807, 2.05) is 0 Å². The first-order chi connectivity index (χ1) is 8.84. The van der Waals surface area contributed by atoms with E-state index >= 15 is 0 Å². The molecule has 0 aliphatic rings. The number of hydrogen-bond donors (Lipinski definition) is 1. The number of sulfonamides is 1. The van der Waals surface area contributed by atoms with Crippen LogP contribution in [0.15, 0.2) is 36.9 Å². The van der Waals surface area contributed by atoms with E-state index in [1.165, 1.54) is 24.3 Å². The summed E-state index contributed by atoms with van der Waals surface area (Å²) in [6.07, 6.45) is 2.37. The zero-order valence-electron chi connectivity index (χ0n) is 10.5. The fourth-order valence-corrected chi connectivity index (χ4v) is 2.10. The van der Waals surface area contributed by atoms with E-state index in [4.69, 9.17) is 0 Å². The average molecular weight is 286 g/mol. The topological polar surface area (TPSA) is 66.5 Å². The number of anilines is 1. The molecule has 1 aromatic carbocycles. The Morgan fingerprint density at radius 1 is 1.47 bits per heavy atom. The van der Waals surface area contributed by atoms with Gasteiger partial charge >= 0.3 is 0 Å². The largest absolute Gasteiger partial charge is 0.322 e. The van der Waals surface area contributed by atoms with Crippen molar-refractivity contribution in [2.45, 2.75) is 0 Å². The maximum atomic E-state index is 13.3. The van der Waals surface area contributed by atoms with Crippen molar-refractivity contribution in [3.63, 3.8) is 0 Å². The van der Waals surface area contributed by atoms with Crippen LogP contribution in [0.25, 0.3) is 0 Å². The first-order valence-corrected chi connectivity index (χ1v) is 7.30. The van der Waals surface area contributed by atoms with Crippen molar-refractivity contribution < 1.29 is 17.6 Å². The van der Waals surface area contributed by atoms with E-state index in [1.54, 1.807) is 6.07 Å². The second-order valence-corrected chi connectivity index (χ2v) is 5.85. The quantitative estimate of drug-likeness (QED) is 0.799. The van der Waals surface area contributed by atoms with E-state index in [9.17, 15) is 17.6 Å². The van der Waals surface area contributed by atoms with Gasteiger partial charge in [-0.15, -0.1) is 6.58 Å². The second kappa shape index (κ2) is 6.44. The molecular weight excluding hydrogens is 271 g/mol. The molecule has 1 N–H and O–H groups in total. The monoisotopic (exact) mass is 286 g/mol. The maximum absolute atomic E-state index is 13.3. The van der Waals surface area contributed by atoms with Crippen molar-refractivity contribution in [3.8, 4) is 0 Å². The maximum Gasteiger partial charge on any atom is 0.239 e. The summed E-state index contributed by atoms with van der Waals surface area (Å²) < 4.78 is 37.0.